The largest absolute Gasteiger partial charge is 0.392 e. The van der Waals surface area contributed by atoms with E-state index in [0.717, 1.165) is 29.8 Å². The summed E-state index contributed by atoms with van der Waals surface area (Å²) in [5.41, 5.74) is 5.58. The van der Waals surface area contributed by atoms with Crippen LogP contribution < -0.4 is 5.32 Å². The highest BCUT2D eigenvalue weighted by Gasteiger charge is 2.39. The number of halogens is 3. The van der Waals surface area contributed by atoms with Crippen molar-refractivity contribution in [2.24, 2.45) is 5.92 Å². The van der Waals surface area contributed by atoms with Gasteiger partial charge in [0.2, 0.25) is 0 Å². The van der Waals surface area contributed by atoms with Gasteiger partial charge in [-0.25, -0.2) is 0 Å². The smallest absolute Gasteiger partial charge is 0.276 e. The predicted molar refractivity (Wildman–Crippen MR) is 175 cm³/mol. The number of hydrogen-bond acceptors (Lipinski definition) is 5. The van der Waals surface area contributed by atoms with Crippen LogP contribution in [0.1, 0.15) is 47.1 Å². The van der Waals surface area contributed by atoms with E-state index in [1.54, 1.807) is 12.1 Å². The first kappa shape index (κ1) is 32.5. The first-order valence-corrected chi connectivity index (χ1v) is 15.6. The molecular formula is C35H35Cl3N2O4. The monoisotopic (exact) mass is 652 g/mol. The van der Waals surface area contributed by atoms with Crippen LogP contribution in [0.5, 0.6) is 0 Å². The highest BCUT2D eigenvalue weighted by molar-refractivity contribution is 6.76. The van der Waals surface area contributed by atoms with Crippen molar-refractivity contribution in [1.29, 1.82) is 0 Å². The SMILES string of the molecule is C[C@@H]1[C@H](CN(Cc2ccccc2)Cc2ccccc2)O[C@H](c2ccc(NC(=O)C(Cl)(Cl)Cl)cc2)O[C@@H]1c1ccc(CO)cc1. The molecule has 1 fully saturated rings. The van der Waals surface area contributed by atoms with Crippen LogP contribution >= 0.6 is 34.8 Å². The van der Waals surface area contributed by atoms with Crippen molar-refractivity contribution in [3.05, 3.63) is 137 Å². The van der Waals surface area contributed by atoms with Gasteiger partial charge in [-0.3, -0.25) is 9.69 Å². The summed E-state index contributed by atoms with van der Waals surface area (Å²) in [6.07, 6.45) is -1.09. The number of amides is 1. The molecule has 4 atom stereocenters. The number of nitrogens with one attached hydrogen (secondary N) is 1. The van der Waals surface area contributed by atoms with Gasteiger partial charge in [-0.05, 0) is 34.4 Å². The summed E-state index contributed by atoms with van der Waals surface area (Å²) in [4.78, 5) is 14.5. The fourth-order valence-electron chi connectivity index (χ4n) is 5.38. The number of alkyl halides is 3. The maximum absolute atomic E-state index is 12.1. The highest BCUT2D eigenvalue weighted by atomic mass is 35.6. The molecule has 9 heteroatoms. The minimum Gasteiger partial charge on any atom is -0.392 e. The van der Waals surface area contributed by atoms with Crippen LogP contribution in [0.15, 0.2) is 109 Å². The number of carbonyl (C=O) groups excluding carboxylic acids is 1. The van der Waals surface area contributed by atoms with E-state index in [0.29, 0.717) is 12.2 Å². The second kappa shape index (κ2) is 14.9. The third-order valence-corrected chi connectivity index (χ3v) is 8.27. The molecule has 44 heavy (non-hydrogen) atoms. The molecular weight excluding hydrogens is 619 g/mol. The number of ether oxygens (including phenoxy) is 2. The Hall–Kier alpha value is -2.94. The second-order valence-electron chi connectivity index (χ2n) is 11.0. The Balaban J connectivity index is 1.42. The van der Waals surface area contributed by atoms with Crippen molar-refractivity contribution in [3.63, 3.8) is 0 Å². The zero-order valence-electron chi connectivity index (χ0n) is 24.3. The number of aliphatic hydroxyl groups is 1. The molecule has 1 aliphatic rings. The Morgan fingerprint density at radius 3 is 1.84 bits per heavy atom. The van der Waals surface area contributed by atoms with Gasteiger partial charge in [-0.15, -0.1) is 0 Å². The summed E-state index contributed by atoms with van der Waals surface area (Å²) < 4.78 is 11.3. The van der Waals surface area contributed by atoms with Gasteiger partial charge in [-0.2, -0.15) is 0 Å². The lowest BCUT2D eigenvalue weighted by Gasteiger charge is -2.43. The second-order valence-corrected chi connectivity index (χ2v) is 13.3. The summed E-state index contributed by atoms with van der Waals surface area (Å²) in [5.74, 6) is -0.722. The molecule has 0 aromatic heterocycles. The van der Waals surface area contributed by atoms with Crippen LogP contribution in [-0.4, -0.2) is 32.4 Å². The molecule has 0 unspecified atom stereocenters. The minimum absolute atomic E-state index is 0.0168. The third kappa shape index (κ3) is 8.61. The molecule has 0 saturated carbocycles. The summed E-state index contributed by atoms with van der Waals surface area (Å²) in [6, 6.07) is 35.9. The van der Waals surface area contributed by atoms with E-state index < -0.39 is 16.0 Å². The summed E-state index contributed by atoms with van der Waals surface area (Å²) in [5, 5.41) is 12.2. The zero-order chi connectivity index (χ0) is 31.1. The average molecular weight is 654 g/mol. The standard InChI is InChI=1S/C35H35Cl3N2O4/c1-24-31(22-40(20-25-8-4-2-5-9-25)21-26-10-6-3-7-11-26)43-33(44-32(24)28-14-12-27(23-41)13-15-28)29-16-18-30(19-17-29)39-34(42)35(36,37)38/h2-19,24,31-33,41H,20-23H2,1H3,(H,39,42)/t24-,31+,32+,33+/m1/s1. The third-order valence-electron chi connectivity index (χ3n) is 7.76. The van der Waals surface area contributed by atoms with E-state index in [2.05, 4.69) is 65.7 Å². The van der Waals surface area contributed by atoms with E-state index in [4.69, 9.17) is 44.3 Å². The number of anilines is 1. The molecule has 6 nitrogen and oxygen atoms in total. The number of hydrogen-bond donors (Lipinski definition) is 2. The Morgan fingerprint density at radius 2 is 1.32 bits per heavy atom. The van der Waals surface area contributed by atoms with Gasteiger partial charge < -0.3 is 19.9 Å². The van der Waals surface area contributed by atoms with Crippen molar-refractivity contribution < 1.29 is 19.4 Å². The molecule has 0 aliphatic carbocycles. The Bertz CT molecular complexity index is 1440. The van der Waals surface area contributed by atoms with Crippen molar-refractivity contribution in [3.8, 4) is 0 Å². The van der Waals surface area contributed by atoms with Crippen LogP contribution in [0, 0.1) is 5.92 Å². The number of nitrogens with zero attached hydrogens (tertiary/aromatic N) is 1. The van der Waals surface area contributed by atoms with Gasteiger partial charge in [0.1, 0.15) is 0 Å². The molecule has 1 amide bonds. The summed E-state index contributed by atoms with van der Waals surface area (Å²) >= 11 is 17.1. The molecule has 1 heterocycles. The Labute approximate surface area is 273 Å². The minimum atomic E-state index is -2.07. The molecule has 4 aromatic carbocycles. The lowest BCUT2D eigenvalue weighted by molar-refractivity contribution is -0.276. The number of carbonyl (C=O) groups is 1. The molecule has 1 saturated heterocycles. The predicted octanol–water partition coefficient (Wildman–Crippen LogP) is 7.98. The van der Waals surface area contributed by atoms with E-state index in [1.165, 1.54) is 11.1 Å². The molecule has 0 spiro atoms. The van der Waals surface area contributed by atoms with Gasteiger partial charge in [-0.1, -0.05) is 139 Å². The van der Waals surface area contributed by atoms with Crippen LogP contribution in [0.4, 0.5) is 5.69 Å². The summed E-state index contributed by atoms with van der Waals surface area (Å²) in [7, 11) is 0. The van der Waals surface area contributed by atoms with Crippen LogP contribution in [0.3, 0.4) is 0 Å². The van der Waals surface area contributed by atoms with Crippen LogP contribution in [-0.2, 0) is 34.0 Å². The molecule has 2 N–H and O–H groups in total. The average Bonchev–Trinajstić information content (AvgIpc) is 3.03. The molecule has 4 aromatic rings. The maximum Gasteiger partial charge on any atom is 0.276 e. The lowest BCUT2D eigenvalue weighted by Crippen LogP contribution is -2.44. The van der Waals surface area contributed by atoms with Gasteiger partial charge in [0.25, 0.3) is 9.70 Å². The van der Waals surface area contributed by atoms with Crippen LogP contribution in [0.25, 0.3) is 0 Å². The topological polar surface area (TPSA) is 71.0 Å². The summed E-state index contributed by atoms with van der Waals surface area (Å²) in [6.45, 7) is 4.34. The quantitative estimate of drug-likeness (QED) is 0.170. The van der Waals surface area contributed by atoms with Crippen LogP contribution in [0.2, 0.25) is 0 Å². The van der Waals surface area contributed by atoms with Crippen molar-refractivity contribution in [2.75, 3.05) is 11.9 Å². The van der Waals surface area contributed by atoms with Crippen molar-refractivity contribution in [1.82, 2.24) is 4.90 Å². The lowest BCUT2D eigenvalue weighted by atomic mass is 9.89. The van der Waals surface area contributed by atoms with E-state index in [1.807, 2.05) is 48.5 Å². The van der Waals surface area contributed by atoms with Crippen molar-refractivity contribution in [2.45, 2.75) is 48.9 Å². The Morgan fingerprint density at radius 1 is 0.773 bits per heavy atom. The van der Waals surface area contributed by atoms with Gasteiger partial charge in [0.05, 0.1) is 18.8 Å². The van der Waals surface area contributed by atoms with Gasteiger partial charge in [0.15, 0.2) is 6.29 Å². The Kier molecular flexibility index (Phi) is 11.0. The normalized spacial score (nSPS) is 20.4. The molecule has 0 radical (unpaired) electrons. The van der Waals surface area contributed by atoms with Gasteiger partial charge in [0, 0.05) is 36.8 Å². The molecule has 0 bridgehead atoms. The van der Waals surface area contributed by atoms with Crippen molar-refractivity contribution >= 4 is 46.4 Å². The van der Waals surface area contributed by atoms with E-state index >= 15 is 0 Å². The fraction of sp³-hybridized carbons (Fsp3) is 0.286. The van der Waals surface area contributed by atoms with E-state index in [9.17, 15) is 9.90 Å². The fourth-order valence-corrected chi connectivity index (χ4v) is 5.52. The maximum atomic E-state index is 12.1. The number of benzene rings is 4. The zero-order valence-corrected chi connectivity index (χ0v) is 26.6. The van der Waals surface area contributed by atoms with E-state index in [-0.39, 0.29) is 24.7 Å². The molecule has 1 aliphatic heterocycles. The number of rotatable bonds is 10. The van der Waals surface area contributed by atoms with Gasteiger partial charge >= 0.3 is 0 Å². The number of aliphatic hydroxyl groups excluding tert-OH is 1. The highest BCUT2D eigenvalue weighted by Crippen LogP contribution is 2.42. The molecule has 230 valence electrons. The first-order valence-electron chi connectivity index (χ1n) is 14.5. The molecule has 5 rings (SSSR count). The first-order chi connectivity index (χ1) is 21.2.